The van der Waals surface area contributed by atoms with Gasteiger partial charge in [-0.2, -0.15) is 0 Å². The molecule has 0 saturated heterocycles. The zero-order chi connectivity index (χ0) is 15.7. The largest absolute Gasteiger partial charge is 0.490 e. The topological polar surface area (TPSA) is 47.7 Å². The molecular formula is C17H30N2O2. The number of nitrogens with zero attached hydrogens (tertiary/aromatic N) is 1. The molecule has 1 rings (SSSR count). The van der Waals surface area contributed by atoms with Crippen LogP contribution in [-0.2, 0) is 0 Å². The molecule has 1 atom stereocenters. The van der Waals surface area contributed by atoms with E-state index in [-0.39, 0.29) is 6.04 Å². The minimum absolute atomic E-state index is 0.222. The summed E-state index contributed by atoms with van der Waals surface area (Å²) in [5, 5.41) is 0. The van der Waals surface area contributed by atoms with Crippen molar-refractivity contribution in [3.8, 4) is 11.5 Å². The molecule has 2 N–H and O–H groups in total. The van der Waals surface area contributed by atoms with Crippen LogP contribution in [0.15, 0.2) is 18.2 Å². The number of ether oxygens (including phenoxy) is 2. The molecule has 4 nitrogen and oxygen atoms in total. The van der Waals surface area contributed by atoms with Gasteiger partial charge in [0.15, 0.2) is 11.5 Å². The van der Waals surface area contributed by atoms with Gasteiger partial charge >= 0.3 is 0 Å². The van der Waals surface area contributed by atoms with Crippen molar-refractivity contribution in [2.75, 3.05) is 32.8 Å². The summed E-state index contributed by atoms with van der Waals surface area (Å²) in [6.07, 6.45) is 0.984. The molecule has 0 heterocycles. The van der Waals surface area contributed by atoms with Crippen molar-refractivity contribution in [3.05, 3.63) is 23.8 Å². The monoisotopic (exact) mass is 294 g/mol. The van der Waals surface area contributed by atoms with Crippen LogP contribution < -0.4 is 15.2 Å². The molecule has 4 heteroatoms. The van der Waals surface area contributed by atoms with Gasteiger partial charge < -0.3 is 15.2 Å². The summed E-state index contributed by atoms with van der Waals surface area (Å²) in [4.78, 5) is 2.36. The van der Waals surface area contributed by atoms with Gasteiger partial charge in [0.1, 0.15) is 0 Å². The molecule has 1 aromatic carbocycles. The lowest BCUT2D eigenvalue weighted by Crippen LogP contribution is -2.33. The molecule has 0 aliphatic heterocycles. The van der Waals surface area contributed by atoms with E-state index in [0.29, 0.717) is 19.8 Å². The molecule has 21 heavy (non-hydrogen) atoms. The Balaban J connectivity index is 3.04. The van der Waals surface area contributed by atoms with Crippen LogP contribution in [0, 0.1) is 0 Å². The van der Waals surface area contributed by atoms with Crippen LogP contribution in [0.2, 0.25) is 0 Å². The highest BCUT2D eigenvalue weighted by molar-refractivity contribution is 5.44. The van der Waals surface area contributed by atoms with E-state index in [1.165, 1.54) is 5.56 Å². The average Bonchev–Trinajstić information content (AvgIpc) is 2.51. The summed E-state index contributed by atoms with van der Waals surface area (Å²) >= 11 is 0. The molecule has 0 radical (unpaired) electrons. The van der Waals surface area contributed by atoms with Gasteiger partial charge in [0.25, 0.3) is 0 Å². The first-order chi connectivity index (χ1) is 10.2. The zero-order valence-corrected chi connectivity index (χ0v) is 13.9. The Morgan fingerprint density at radius 2 is 1.76 bits per heavy atom. The second-order valence-electron chi connectivity index (χ2n) is 4.96. The van der Waals surface area contributed by atoms with Gasteiger partial charge in [-0.25, -0.2) is 0 Å². The molecule has 1 unspecified atom stereocenters. The van der Waals surface area contributed by atoms with Crippen LogP contribution in [0.1, 0.15) is 45.7 Å². The standard InChI is InChI=1S/C17H30N2O2/c1-5-11-21-16-10-9-14(12-17(16)20-8-4)15(13-18)19(6-2)7-3/h9-10,12,15H,5-8,11,13,18H2,1-4H3. The van der Waals surface area contributed by atoms with Crippen LogP contribution in [0.4, 0.5) is 0 Å². The van der Waals surface area contributed by atoms with E-state index >= 15 is 0 Å². The van der Waals surface area contributed by atoms with Crippen molar-refractivity contribution in [3.63, 3.8) is 0 Å². The maximum atomic E-state index is 5.99. The smallest absolute Gasteiger partial charge is 0.161 e. The predicted molar refractivity (Wildman–Crippen MR) is 88.1 cm³/mol. The fraction of sp³-hybridized carbons (Fsp3) is 0.647. The molecule has 120 valence electrons. The predicted octanol–water partition coefficient (Wildman–Crippen LogP) is 3.22. The van der Waals surface area contributed by atoms with Crippen LogP contribution in [0.5, 0.6) is 11.5 Å². The Morgan fingerprint density at radius 3 is 2.29 bits per heavy atom. The summed E-state index contributed by atoms with van der Waals surface area (Å²) < 4.78 is 11.5. The van der Waals surface area contributed by atoms with E-state index in [9.17, 15) is 0 Å². The third kappa shape index (κ3) is 4.90. The van der Waals surface area contributed by atoms with Crippen molar-refractivity contribution >= 4 is 0 Å². The number of benzene rings is 1. The van der Waals surface area contributed by atoms with Gasteiger partial charge in [-0.05, 0) is 44.1 Å². The Kier molecular flexibility index (Phi) is 8.16. The third-order valence-electron chi connectivity index (χ3n) is 3.59. The van der Waals surface area contributed by atoms with E-state index in [2.05, 4.69) is 37.8 Å². The highest BCUT2D eigenvalue weighted by Crippen LogP contribution is 2.32. The normalized spacial score (nSPS) is 12.5. The lowest BCUT2D eigenvalue weighted by molar-refractivity contribution is 0.222. The molecular weight excluding hydrogens is 264 g/mol. The van der Waals surface area contributed by atoms with Gasteiger partial charge in [-0.3, -0.25) is 4.90 Å². The van der Waals surface area contributed by atoms with Crippen molar-refractivity contribution in [1.29, 1.82) is 0 Å². The molecule has 1 aromatic rings. The van der Waals surface area contributed by atoms with Crippen LogP contribution >= 0.6 is 0 Å². The van der Waals surface area contributed by atoms with Crippen molar-refractivity contribution in [2.24, 2.45) is 5.73 Å². The Morgan fingerprint density at radius 1 is 1.05 bits per heavy atom. The van der Waals surface area contributed by atoms with Crippen molar-refractivity contribution in [2.45, 2.75) is 40.2 Å². The fourth-order valence-corrected chi connectivity index (χ4v) is 2.49. The molecule has 0 aliphatic carbocycles. The number of rotatable bonds is 10. The number of nitrogens with two attached hydrogens (primary N) is 1. The molecule has 0 fully saturated rings. The maximum absolute atomic E-state index is 5.99. The Labute approximate surface area is 129 Å². The first-order valence-corrected chi connectivity index (χ1v) is 8.05. The third-order valence-corrected chi connectivity index (χ3v) is 3.59. The summed E-state index contributed by atoms with van der Waals surface area (Å²) in [7, 11) is 0. The van der Waals surface area contributed by atoms with Crippen LogP contribution in [0.25, 0.3) is 0 Å². The van der Waals surface area contributed by atoms with Gasteiger partial charge in [0, 0.05) is 12.6 Å². The van der Waals surface area contributed by atoms with Crippen molar-refractivity contribution in [1.82, 2.24) is 4.90 Å². The summed E-state index contributed by atoms with van der Waals surface area (Å²) in [5.41, 5.74) is 7.17. The Bertz CT molecular complexity index is 406. The number of hydrogen-bond acceptors (Lipinski definition) is 4. The molecule has 0 spiro atoms. The van der Waals surface area contributed by atoms with Gasteiger partial charge in [0.05, 0.1) is 13.2 Å². The lowest BCUT2D eigenvalue weighted by atomic mass is 10.0. The Hall–Kier alpha value is -1.26. The second kappa shape index (κ2) is 9.64. The maximum Gasteiger partial charge on any atom is 0.161 e. The molecule has 0 saturated carbocycles. The van der Waals surface area contributed by atoms with Gasteiger partial charge in [-0.1, -0.05) is 26.8 Å². The fourth-order valence-electron chi connectivity index (χ4n) is 2.49. The van der Waals surface area contributed by atoms with Crippen LogP contribution in [-0.4, -0.2) is 37.7 Å². The first kappa shape index (κ1) is 17.8. The van der Waals surface area contributed by atoms with Gasteiger partial charge in [0.2, 0.25) is 0 Å². The highest BCUT2D eigenvalue weighted by Gasteiger charge is 2.18. The highest BCUT2D eigenvalue weighted by atomic mass is 16.5. The van der Waals surface area contributed by atoms with E-state index in [1.807, 2.05) is 13.0 Å². The molecule has 0 aromatic heterocycles. The quantitative estimate of drug-likeness (QED) is 0.720. The summed E-state index contributed by atoms with van der Waals surface area (Å²) in [6.45, 7) is 12.3. The second-order valence-corrected chi connectivity index (χ2v) is 4.96. The molecule has 0 aliphatic rings. The van der Waals surface area contributed by atoms with E-state index in [4.69, 9.17) is 15.2 Å². The minimum Gasteiger partial charge on any atom is -0.490 e. The first-order valence-electron chi connectivity index (χ1n) is 8.05. The zero-order valence-electron chi connectivity index (χ0n) is 13.9. The van der Waals surface area contributed by atoms with E-state index in [1.54, 1.807) is 0 Å². The van der Waals surface area contributed by atoms with E-state index in [0.717, 1.165) is 31.0 Å². The minimum atomic E-state index is 0.222. The van der Waals surface area contributed by atoms with Gasteiger partial charge in [-0.15, -0.1) is 0 Å². The summed E-state index contributed by atoms with van der Waals surface area (Å²) in [5.74, 6) is 1.63. The summed E-state index contributed by atoms with van der Waals surface area (Å²) in [6, 6.07) is 6.40. The molecule has 0 amide bonds. The lowest BCUT2D eigenvalue weighted by Gasteiger charge is -2.29. The SMILES string of the molecule is CCCOc1ccc(C(CN)N(CC)CC)cc1OCC. The number of hydrogen-bond donors (Lipinski definition) is 1. The van der Waals surface area contributed by atoms with Crippen LogP contribution in [0.3, 0.4) is 0 Å². The molecule has 0 bridgehead atoms. The van der Waals surface area contributed by atoms with E-state index < -0.39 is 0 Å². The van der Waals surface area contributed by atoms with Crippen molar-refractivity contribution < 1.29 is 9.47 Å². The average molecular weight is 294 g/mol. The number of likely N-dealkylation sites (N-methyl/N-ethyl adjacent to an activating group) is 1.